The molecule has 1 aromatic rings. The number of Topliss-reactive ketones (excluding diaryl/α,β-unsaturated/α-hetero) is 1. The SMILES string of the molecule is CC1(C)Cc2ccc(F)c(O)c2C1=O. The molecule has 74 valence electrons. The lowest BCUT2D eigenvalue weighted by molar-refractivity contribution is 0.0860. The maximum absolute atomic E-state index is 13.0. The topological polar surface area (TPSA) is 37.3 Å². The molecule has 1 aliphatic carbocycles. The third-order valence-corrected chi connectivity index (χ3v) is 2.69. The van der Waals surface area contributed by atoms with Gasteiger partial charge in [-0.1, -0.05) is 19.9 Å². The van der Waals surface area contributed by atoms with Gasteiger partial charge in [0.25, 0.3) is 0 Å². The first-order chi connectivity index (χ1) is 6.43. The number of hydrogen-bond acceptors (Lipinski definition) is 2. The maximum Gasteiger partial charge on any atom is 0.172 e. The Labute approximate surface area is 81.4 Å². The van der Waals surface area contributed by atoms with Crippen LogP contribution in [0.3, 0.4) is 0 Å². The van der Waals surface area contributed by atoms with Gasteiger partial charge in [0.2, 0.25) is 0 Å². The normalized spacial score (nSPS) is 18.4. The molecule has 0 saturated carbocycles. The van der Waals surface area contributed by atoms with Crippen LogP contribution >= 0.6 is 0 Å². The number of phenolic OH excluding ortho intramolecular Hbond substituents is 1. The average Bonchev–Trinajstić information content (AvgIpc) is 2.32. The van der Waals surface area contributed by atoms with Gasteiger partial charge in [0.15, 0.2) is 17.3 Å². The predicted molar refractivity (Wildman–Crippen MR) is 49.9 cm³/mol. The van der Waals surface area contributed by atoms with Gasteiger partial charge in [-0.05, 0) is 18.1 Å². The summed E-state index contributed by atoms with van der Waals surface area (Å²) >= 11 is 0. The van der Waals surface area contributed by atoms with Crippen molar-refractivity contribution in [2.45, 2.75) is 20.3 Å². The number of rotatable bonds is 0. The Balaban J connectivity index is 2.67. The molecule has 0 amide bonds. The molecule has 2 nitrogen and oxygen atoms in total. The van der Waals surface area contributed by atoms with E-state index in [-0.39, 0.29) is 11.3 Å². The Morgan fingerprint density at radius 3 is 2.71 bits per heavy atom. The standard InChI is InChI=1S/C11H11FO2/c1-11(2)5-6-3-4-7(12)9(13)8(6)10(11)14/h3-4,13H,5H2,1-2H3. The number of hydrogen-bond donors (Lipinski definition) is 1. The second-order valence-electron chi connectivity index (χ2n) is 4.32. The van der Waals surface area contributed by atoms with E-state index in [0.29, 0.717) is 6.42 Å². The maximum atomic E-state index is 13.0. The molecule has 1 aliphatic rings. The van der Waals surface area contributed by atoms with Crippen LogP contribution in [0.4, 0.5) is 4.39 Å². The molecule has 0 saturated heterocycles. The van der Waals surface area contributed by atoms with Crippen molar-refractivity contribution in [1.82, 2.24) is 0 Å². The molecule has 0 heterocycles. The summed E-state index contributed by atoms with van der Waals surface area (Å²) in [7, 11) is 0. The number of halogens is 1. The number of benzene rings is 1. The number of carbonyl (C=O) groups is 1. The van der Waals surface area contributed by atoms with Crippen molar-refractivity contribution < 1.29 is 14.3 Å². The first-order valence-electron chi connectivity index (χ1n) is 4.48. The molecule has 0 aromatic heterocycles. The van der Waals surface area contributed by atoms with Gasteiger partial charge in [-0.2, -0.15) is 0 Å². The lowest BCUT2D eigenvalue weighted by atomic mass is 9.89. The molecule has 1 aromatic carbocycles. The van der Waals surface area contributed by atoms with Crippen molar-refractivity contribution >= 4 is 5.78 Å². The molecule has 2 rings (SSSR count). The van der Waals surface area contributed by atoms with Crippen LogP contribution in [0.2, 0.25) is 0 Å². The van der Waals surface area contributed by atoms with Crippen LogP contribution < -0.4 is 0 Å². The lowest BCUT2D eigenvalue weighted by Gasteiger charge is -2.13. The number of ketones is 1. The average molecular weight is 194 g/mol. The fraction of sp³-hybridized carbons (Fsp3) is 0.364. The largest absolute Gasteiger partial charge is 0.504 e. The van der Waals surface area contributed by atoms with Gasteiger partial charge in [-0.3, -0.25) is 4.79 Å². The fourth-order valence-corrected chi connectivity index (χ4v) is 1.90. The van der Waals surface area contributed by atoms with Crippen molar-refractivity contribution in [3.8, 4) is 5.75 Å². The molecular weight excluding hydrogens is 183 g/mol. The summed E-state index contributed by atoms with van der Waals surface area (Å²) in [5.41, 5.74) is 0.377. The van der Waals surface area contributed by atoms with Crippen molar-refractivity contribution in [1.29, 1.82) is 0 Å². The van der Waals surface area contributed by atoms with Crippen LogP contribution in [0.1, 0.15) is 29.8 Å². The highest BCUT2D eigenvalue weighted by atomic mass is 19.1. The predicted octanol–water partition coefficient (Wildman–Crippen LogP) is 2.30. The molecule has 0 radical (unpaired) electrons. The molecule has 3 heteroatoms. The Morgan fingerprint density at radius 1 is 1.43 bits per heavy atom. The van der Waals surface area contributed by atoms with Gasteiger partial charge in [0, 0.05) is 5.41 Å². The van der Waals surface area contributed by atoms with Gasteiger partial charge in [-0.15, -0.1) is 0 Å². The van der Waals surface area contributed by atoms with Gasteiger partial charge < -0.3 is 5.11 Å². The highest BCUT2D eigenvalue weighted by Crippen LogP contribution is 2.40. The van der Waals surface area contributed by atoms with E-state index in [9.17, 15) is 14.3 Å². The third-order valence-electron chi connectivity index (χ3n) is 2.69. The van der Waals surface area contributed by atoms with E-state index in [2.05, 4.69) is 0 Å². The monoisotopic (exact) mass is 194 g/mol. The van der Waals surface area contributed by atoms with Crippen LogP contribution in [0.15, 0.2) is 12.1 Å². The summed E-state index contributed by atoms with van der Waals surface area (Å²) in [6.45, 7) is 3.60. The minimum absolute atomic E-state index is 0.162. The van der Waals surface area contributed by atoms with Gasteiger partial charge >= 0.3 is 0 Å². The quantitative estimate of drug-likeness (QED) is 0.688. The molecule has 0 fully saturated rings. The Hall–Kier alpha value is -1.38. The zero-order valence-corrected chi connectivity index (χ0v) is 8.10. The van der Waals surface area contributed by atoms with E-state index in [0.717, 1.165) is 5.56 Å². The van der Waals surface area contributed by atoms with E-state index >= 15 is 0 Å². The van der Waals surface area contributed by atoms with E-state index in [1.807, 2.05) is 0 Å². The van der Waals surface area contributed by atoms with Gasteiger partial charge in [-0.25, -0.2) is 4.39 Å². The van der Waals surface area contributed by atoms with Gasteiger partial charge in [0.1, 0.15) is 0 Å². The molecule has 0 spiro atoms. The second-order valence-corrected chi connectivity index (χ2v) is 4.32. The van der Waals surface area contributed by atoms with Crippen molar-refractivity contribution in [2.24, 2.45) is 5.41 Å². The zero-order valence-electron chi connectivity index (χ0n) is 8.10. The third kappa shape index (κ3) is 1.05. The van der Waals surface area contributed by atoms with Crippen molar-refractivity contribution in [2.75, 3.05) is 0 Å². The van der Waals surface area contributed by atoms with Crippen LogP contribution in [0.25, 0.3) is 0 Å². The Morgan fingerprint density at radius 2 is 2.07 bits per heavy atom. The minimum atomic E-state index is -0.727. The van der Waals surface area contributed by atoms with Crippen LogP contribution in [-0.4, -0.2) is 10.9 Å². The second kappa shape index (κ2) is 2.56. The summed E-state index contributed by atoms with van der Waals surface area (Å²) in [5.74, 6) is -1.41. The van der Waals surface area contributed by atoms with Crippen LogP contribution in [-0.2, 0) is 6.42 Å². The van der Waals surface area contributed by atoms with E-state index in [4.69, 9.17) is 0 Å². The number of phenols is 1. The number of carbonyl (C=O) groups excluding carboxylic acids is 1. The Kier molecular flexibility index (Phi) is 1.68. The minimum Gasteiger partial charge on any atom is -0.504 e. The molecule has 0 unspecified atom stereocenters. The first-order valence-corrected chi connectivity index (χ1v) is 4.48. The smallest absolute Gasteiger partial charge is 0.172 e. The van der Waals surface area contributed by atoms with Crippen LogP contribution in [0, 0.1) is 11.2 Å². The van der Waals surface area contributed by atoms with Crippen molar-refractivity contribution in [3.63, 3.8) is 0 Å². The summed E-state index contributed by atoms with van der Waals surface area (Å²) in [5, 5.41) is 9.43. The van der Waals surface area contributed by atoms with E-state index in [1.165, 1.54) is 6.07 Å². The summed E-state index contributed by atoms with van der Waals surface area (Å²) in [6, 6.07) is 2.76. The van der Waals surface area contributed by atoms with E-state index in [1.54, 1.807) is 19.9 Å². The Bertz CT molecular complexity index is 422. The molecule has 14 heavy (non-hydrogen) atoms. The fourth-order valence-electron chi connectivity index (χ4n) is 1.90. The number of aromatic hydroxyl groups is 1. The summed E-state index contributed by atoms with van der Waals surface area (Å²) in [6.07, 6.45) is 0.564. The zero-order chi connectivity index (χ0) is 10.5. The lowest BCUT2D eigenvalue weighted by Crippen LogP contribution is -2.19. The highest BCUT2D eigenvalue weighted by molar-refractivity contribution is 6.06. The van der Waals surface area contributed by atoms with E-state index < -0.39 is 17.0 Å². The molecule has 0 bridgehead atoms. The molecule has 0 aliphatic heterocycles. The molecular formula is C11H11FO2. The summed E-state index contributed by atoms with van der Waals surface area (Å²) in [4.78, 5) is 11.8. The number of fused-ring (bicyclic) bond motifs is 1. The first kappa shape index (κ1) is 9.19. The molecule has 1 N–H and O–H groups in total. The highest BCUT2D eigenvalue weighted by Gasteiger charge is 2.39. The summed E-state index contributed by atoms with van der Waals surface area (Å²) < 4.78 is 13.0. The van der Waals surface area contributed by atoms with Crippen molar-refractivity contribution in [3.05, 3.63) is 29.1 Å². The van der Waals surface area contributed by atoms with Gasteiger partial charge in [0.05, 0.1) is 5.56 Å². The molecule has 0 atom stereocenters. The van der Waals surface area contributed by atoms with Crippen LogP contribution in [0.5, 0.6) is 5.75 Å².